The lowest BCUT2D eigenvalue weighted by Crippen LogP contribution is -2.31. The van der Waals surface area contributed by atoms with Crippen LogP contribution in [0, 0.1) is 11.8 Å². The SMILES string of the molecule is NC[C@H]1C=C[C@H]1CN. The van der Waals surface area contributed by atoms with E-state index in [1.807, 2.05) is 0 Å². The summed E-state index contributed by atoms with van der Waals surface area (Å²) in [6, 6.07) is 0. The van der Waals surface area contributed by atoms with Crippen LogP contribution in [0.4, 0.5) is 0 Å². The van der Waals surface area contributed by atoms with Crippen molar-refractivity contribution in [2.24, 2.45) is 23.3 Å². The van der Waals surface area contributed by atoms with E-state index in [0.29, 0.717) is 11.8 Å². The monoisotopic (exact) mass is 112 g/mol. The fraction of sp³-hybridized carbons (Fsp3) is 0.667. The van der Waals surface area contributed by atoms with Gasteiger partial charge in [-0.2, -0.15) is 0 Å². The molecule has 1 aliphatic rings. The van der Waals surface area contributed by atoms with Crippen LogP contribution in [-0.4, -0.2) is 13.1 Å². The average Bonchev–Trinajstić information content (AvgIpc) is 1.66. The fourth-order valence-corrected chi connectivity index (χ4v) is 0.932. The molecule has 0 aromatic carbocycles. The van der Waals surface area contributed by atoms with Crippen molar-refractivity contribution in [2.45, 2.75) is 0 Å². The molecule has 0 saturated heterocycles. The second-order valence-corrected chi connectivity index (χ2v) is 2.18. The van der Waals surface area contributed by atoms with Crippen molar-refractivity contribution in [1.82, 2.24) is 0 Å². The topological polar surface area (TPSA) is 52.0 Å². The van der Waals surface area contributed by atoms with Gasteiger partial charge in [-0.05, 0) is 24.9 Å². The molecular formula is C6H12N2. The number of hydrogen-bond acceptors (Lipinski definition) is 2. The highest BCUT2D eigenvalue weighted by molar-refractivity contribution is 5.09. The molecule has 0 amide bonds. The number of rotatable bonds is 2. The summed E-state index contributed by atoms with van der Waals surface area (Å²) < 4.78 is 0. The first-order valence-electron chi connectivity index (χ1n) is 2.97. The molecule has 2 atom stereocenters. The molecule has 0 aliphatic heterocycles. The average molecular weight is 112 g/mol. The lowest BCUT2D eigenvalue weighted by atomic mass is 9.82. The molecule has 0 unspecified atom stereocenters. The van der Waals surface area contributed by atoms with Gasteiger partial charge in [-0.1, -0.05) is 12.2 Å². The van der Waals surface area contributed by atoms with Gasteiger partial charge in [0.15, 0.2) is 0 Å². The minimum absolute atomic E-state index is 0.569. The van der Waals surface area contributed by atoms with Crippen LogP contribution in [-0.2, 0) is 0 Å². The molecule has 0 saturated carbocycles. The predicted molar refractivity (Wildman–Crippen MR) is 34.2 cm³/mol. The quantitative estimate of drug-likeness (QED) is 0.482. The molecule has 0 spiro atoms. The predicted octanol–water partition coefficient (Wildman–Crippen LogP) is -0.294. The fourth-order valence-electron chi connectivity index (χ4n) is 0.932. The summed E-state index contributed by atoms with van der Waals surface area (Å²) in [6.45, 7) is 1.50. The second-order valence-electron chi connectivity index (χ2n) is 2.18. The summed E-state index contributed by atoms with van der Waals surface area (Å²) in [7, 11) is 0. The van der Waals surface area contributed by atoms with E-state index in [9.17, 15) is 0 Å². The van der Waals surface area contributed by atoms with Crippen LogP contribution in [0.25, 0.3) is 0 Å². The molecule has 0 aromatic heterocycles. The second kappa shape index (κ2) is 2.29. The summed E-state index contributed by atoms with van der Waals surface area (Å²) in [5, 5.41) is 0. The maximum Gasteiger partial charge on any atom is -0.000802 e. The third-order valence-electron chi connectivity index (χ3n) is 1.70. The van der Waals surface area contributed by atoms with Gasteiger partial charge in [0.1, 0.15) is 0 Å². The molecule has 4 N–H and O–H groups in total. The van der Waals surface area contributed by atoms with E-state index in [1.54, 1.807) is 0 Å². The first-order valence-corrected chi connectivity index (χ1v) is 2.97. The van der Waals surface area contributed by atoms with Crippen molar-refractivity contribution in [3.63, 3.8) is 0 Å². The summed E-state index contributed by atoms with van der Waals surface area (Å²) in [5.74, 6) is 1.14. The Balaban J connectivity index is 2.30. The van der Waals surface area contributed by atoms with Gasteiger partial charge >= 0.3 is 0 Å². The molecule has 0 heterocycles. The smallest absolute Gasteiger partial charge is 0.000802 e. The Hall–Kier alpha value is -0.340. The largest absolute Gasteiger partial charge is 0.330 e. The molecular weight excluding hydrogens is 100 g/mol. The van der Waals surface area contributed by atoms with Crippen LogP contribution in [0.1, 0.15) is 0 Å². The van der Waals surface area contributed by atoms with E-state index in [4.69, 9.17) is 11.5 Å². The van der Waals surface area contributed by atoms with Crippen LogP contribution in [0.3, 0.4) is 0 Å². The van der Waals surface area contributed by atoms with Crippen LogP contribution in [0.2, 0.25) is 0 Å². The lowest BCUT2D eigenvalue weighted by molar-refractivity contribution is 0.443. The molecule has 1 rings (SSSR count). The van der Waals surface area contributed by atoms with Crippen molar-refractivity contribution in [2.75, 3.05) is 13.1 Å². The molecule has 2 heteroatoms. The zero-order valence-corrected chi connectivity index (χ0v) is 4.88. The van der Waals surface area contributed by atoms with Gasteiger partial charge in [0, 0.05) is 0 Å². The molecule has 8 heavy (non-hydrogen) atoms. The summed E-state index contributed by atoms with van der Waals surface area (Å²) in [5.41, 5.74) is 10.8. The molecule has 0 bridgehead atoms. The zero-order chi connectivity index (χ0) is 5.98. The standard InChI is InChI=1S/C6H12N2/c7-3-5-1-2-6(5)4-8/h1-2,5-6H,3-4,7-8H2/t5-,6+. The van der Waals surface area contributed by atoms with Gasteiger partial charge in [-0.3, -0.25) is 0 Å². The first-order chi connectivity index (χ1) is 3.88. The maximum absolute atomic E-state index is 5.39. The van der Waals surface area contributed by atoms with Crippen molar-refractivity contribution in [1.29, 1.82) is 0 Å². The highest BCUT2D eigenvalue weighted by atomic mass is 14.6. The summed E-state index contributed by atoms with van der Waals surface area (Å²) in [4.78, 5) is 0. The van der Waals surface area contributed by atoms with E-state index in [0.717, 1.165) is 13.1 Å². The molecule has 1 aliphatic carbocycles. The first kappa shape index (κ1) is 5.79. The molecule has 2 nitrogen and oxygen atoms in total. The maximum atomic E-state index is 5.39. The molecule has 0 fully saturated rings. The van der Waals surface area contributed by atoms with Crippen LogP contribution in [0.15, 0.2) is 12.2 Å². The van der Waals surface area contributed by atoms with Crippen LogP contribution >= 0.6 is 0 Å². The lowest BCUT2D eigenvalue weighted by Gasteiger charge is -2.26. The van der Waals surface area contributed by atoms with Crippen molar-refractivity contribution >= 4 is 0 Å². The Morgan fingerprint density at radius 3 is 1.50 bits per heavy atom. The Bertz CT molecular complexity index is 86.7. The minimum Gasteiger partial charge on any atom is -0.330 e. The van der Waals surface area contributed by atoms with E-state index < -0.39 is 0 Å². The Kier molecular flexibility index (Phi) is 1.65. The van der Waals surface area contributed by atoms with Crippen LogP contribution < -0.4 is 11.5 Å². The van der Waals surface area contributed by atoms with Gasteiger partial charge in [-0.15, -0.1) is 0 Å². The Labute approximate surface area is 49.5 Å². The van der Waals surface area contributed by atoms with Crippen molar-refractivity contribution in [3.8, 4) is 0 Å². The van der Waals surface area contributed by atoms with Gasteiger partial charge in [-0.25, -0.2) is 0 Å². The number of nitrogens with two attached hydrogens (primary N) is 2. The van der Waals surface area contributed by atoms with E-state index >= 15 is 0 Å². The van der Waals surface area contributed by atoms with Gasteiger partial charge in [0.2, 0.25) is 0 Å². The van der Waals surface area contributed by atoms with Gasteiger partial charge in [0.25, 0.3) is 0 Å². The Morgan fingerprint density at radius 2 is 1.38 bits per heavy atom. The summed E-state index contributed by atoms with van der Waals surface area (Å²) >= 11 is 0. The Morgan fingerprint density at radius 1 is 1.00 bits per heavy atom. The highest BCUT2D eigenvalue weighted by Gasteiger charge is 2.19. The molecule has 0 aromatic rings. The number of hydrogen-bond donors (Lipinski definition) is 2. The zero-order valence-electron chi connectivity index (χ0n) is 4.88. The van der Waals surface area contributed by atoms with Crippen molar-refractivity contribution < 1.29 is 0 Å². The van der Waals surface area contributed by atoms with Crippen molar-refractivity contribution in [3.05, 3.63) is 12.2 Å². The molecule has 0 radical (unpaired) electrons. The highest BCUT2D eigenvalue weighted by Crippen LogP contribution is 2.22. The minimum atomic E-state index is 0.569. The van der Waals surface area contributed by atoms with E-state index in [2.05, 4.69) is 12.2 Å². The molecule has 46 valence electrons. The van der Waals surface area contributed by atoms with Gasteiger partial charge in [0.05, 0.1) is 0 Å². The van der Waals surface area contributed by atoms with E-state index in [1.165, 1.54) is 0 Å². The van der Waals surface area contributed by atoms with Gasteiger partial charge < -0.3 is 11.5 Å². The van der Waals surface area contributed by atoms with Crippen LogP contribution in [0.5, 0.6) is 0 Å². The normalized spacial score (nSPS) is 34.8. The third kappa shape index (κ3) is 0.767. The third-order valence-corrected chi connectivity index (χ3v) is 1.70. The van der Waals surface area contributed by atoms with E-state index in [-0.39, 0.29) is 0 Å². The summed E-state index contributed by atoms with van der Waals surface area (Å²) in [6.07, 6.45) is 4.25.